The van der Waals surface area contributed by atoms with Crippen LogP contribution < -0.4 is 10.6 Å². The van der Waals surface area contributed by atoms with Crippen LogP contribution in [0.2, 0.25) is 5.02 Å². The molecule has 3 aromatic rings. The van der Waals surface area contributed by atoms with E-state index in [1.54, 1.807) is 30.3 Å². The van der Waals surface area contributed by atoms with Gasteiger partial charge in [0.2, 0.25) is 11.7 Å². The van der Waals surface area contributed by atoms with Crippen LogP contribution in [0.5, 0.6) is 0 Å². The van der Waals surface area contributed by atoms with Gasteiger partial charge in [0, 0.05) is 22.5 Å². The lowest BCUT2D eigenvalue weighted by Crippen LogP contribution is -2.18. The number of rotatable bonds is 5. The van der Waals surface area contributed by atoms with E-state index in [4.69, 9.17) is 16.0 Å². The first-order chi connectivity index (χ1) is 13.6. The largest absolute Gasteiger partial charge is 0.449 e. The van der Waals surface area contributed by atoms with E-state index < -0.39 is 5.91 Å². The van der Waals surface area contributed by atoms with E-state index in [2.05, 4.69) is 10.6 Å². The number of hydrogen-bond acceptors (Lipinski definition) is 3. The molecule has 1 saturated carbocycles. The zero-order valence-electron chi connectivity index (χ0n) is 15.3. The predicted molar refractivity (Wildman–Crippen MR) is 111 cm³/mol. The molecule has 1 aliphatic carbocycles. The molecule has 0 aliphatic heterocycles. The molecule has 5 nitrogen and oxygen atoms in total. The molecule has 28 heavy (non-hydrogen) atoms. The minimum absolute atomic E-state index is 0.0843. The number of halogens is 1. The van der Waals surface area contributed by atoms with Gasteiger partial charge in [-0.05, 0) is 55.2 Å². The molecule has 0 saturated heterocycles. The fraction of sp³-hybridized carbons (Fsp3) is 0.273. The highest BCUT2D eigenvalue weighted by atomic mass is 35.5. The lowest BCUT2D eigenvalue weighted by Gasteiger charge is -2.10. The Hall–Kier alpha value is -2.79. The maximum absolute atomic E-state index is 12.8. The molecule has 2 N–H and O–H groups in total. The van der Waals surface area contributed by atoms with Gasteiger partial charge in [-0.15, -0.1) is 0 Å². The average Bonchev–Trinajstić information content (AvgIpc) is 3.32. The fourth-order valence-electron chi connectivity index (χ4n) is 3.72. The highest BCUT2D eigenvalue weighted by molar-refractivity contribution is 6.30. The number of para-hydroxylation sites is 1. The molecule has 4 rings (SSSR count). The van der Waals surface area contributed by atoms with Crippen molar-refractivity contribution in [3.8, 4) is 0 Å². The van der Waals surface area contributed by atoms with Gasteiger partial charge in [-0.2, -0.15) is 0 Å². The second-order valence-electron chi connectivity index (χ2n) is 7.17. The molecule has 144 valence electrons. The summed E-state index contributed by atoms with van der Waals surface area (Å²) >= 11 is 5.89. The van der Waals surface area contributed by atoms with E-state index in [-0.39, 0.29) is 11.7 Å². The Balaban J connectivity index is 1.59. The zero-order chi connectivity index (χ0) is 19.5. The Morgan fingerprint density at radius 1 is 1.00 bits per heavy atom. The molecule has 0 radical (unpaired) electrons. The van der Waals surface area contributed by atoms with E-state index >= 15 is 0 Å². The third-order valence-corrected chi connectivity index (χ3v) is 5.37. The molecule has 1 heterocycles. The third kappa shape index (κ3) is 4.04. The van der Waals surface area contributed by atoms with E-state index in [0.717, 1.165) is 12.8 Å². The normalized spacial score (nSPS) is 14.3. The van der Waals surface area contributed by atoms with Gasteiger partial charge < -0.3 is 15.1 Å². The SMILES string of the molecule is O=C(CC1CCCC1)Nc1c(C(=O)Nc2ccc(Cl)cc2)oc2ccccc12. The number of benzene rings is 2. The van der Waals surface area contributed by atoms with Gasteiger partial charge in [0.1, 0.15) is 11.3 Å². The number of hydrogen-bond donors (Lipinski definition) is 2. The number of carbonyl (C=O) groups excluding carboxylic acids is 2. The first-order valence-electron chi connectivity index (χ1n) is 9.48. The van der Waals surface area contributed by atoms with Crippen LogP contribution in [0.15, 0.2) is 52.9 Å². The second-order valence-corrected chi connectivity index (χ2v) is 7.60. The summed E-state index contributed by atoms with van der Waals surface area (Å²) in [7, 11) is 0. The average molecular weight is 397 g/mol. The standard InChI is InChI=1S/C22H21ClN2O3/c23-15-9-11-16(12-10-15)24-22(27)21-20(17-7-3-4-8-18(17)28-21)25-19(26)13-14-5-1-2-6-14/h3-4,7-12,14H,1-2,5-6,13H2,(H,24,27)(H,25,26). The summed E-state index contributed by atoms with van der Waals surface area (Å²) in [5.74, 6) is 0.00844. The van der Waals surface area contributed by atoms with Crippen molar-refractivity contribution in [1.82, 2.24) is 0 Å². The Labute approximate surface area is 168 Å². The summed E-state index contributed by atoms with van der Waals surface area (Å²) in [6.07, 6.45) is 5.01. The van der Waals surface area contributed by atoms with Crippen LogP contribution in [0, 0.1) is 5.92 Å². The van der Waals surface area contributed by atoms with Crippen molar-refractivity contribution in [2.24, 2.45) is 5.92 Å². The first kappa shape index (κ1) is 18.6. The van der Waals surface area contributed by atoms with E-state index in [9.17, 15) is 9.59 Å². The summed E-state index contributed by atoms with van der Waals surface area (Å²) in [6.45, 7) is 0. The van der Waals surface area contributed by atoms with E-state index in [1.165, 1.54) is 12.8 Å². The Kier molecular flexibility index (Phi) is 5.35. The fourth-order valence-corrected chi connectivity index (χ4v) is 3.84. The number of furan rings is 1. The lowest BCUT2D eigenvalue weighted by atomic mass is 10.0. The molecule has 2 amide bonds. The topological polar surface area (TPSA) is 71.3 Å². The van der Waals surface area contributed by atoms with Crippen LogP contribution in [0.3, 0.4) is 0 Å². The smallest absolute Gasteiger partial charge is 0.293 e. The van der Waals surface area contributed by atoms with Gasteiger partial charge in [0.25, 0.3) is 5.91 Å². The first-order valence-corrected chi connectivity index (χ1v) is 9.86. The molecule has 6 heteroatoms. The maximum Gasteiger partial charge on any atom is 0.293 e. The molecular formula is C22H21ClN2O3. The van der Waals surface area contributed by atoms with Crippen molar-refractivity contribution < 1.29 is 14.0 Å². The molecule has 0 atom stereocenters. The third-order valence-electron chi connectivity index (χ3n) is 5.12. The molecule has 0 bridgehead atoms. The van der Waals surface area contributed by atoms with Crippen LogP contribution in [0.1, 0.15) is 42.7 Å². The summed E-state index contributed by atoms with van der Waals surface area (Å²) in [4.78, 5) is 25.4. The number of nitrogens with one attached hydrogen (secondary N) is 2. The summed E-state index contributed by atoms with van der Waals surface area (Å²) in [5, 5.41) is 7.01. The minimum Gasteiger partial charge on any atom is -0.449 e. The van der Waals surface area contributed by atoms with Gasteiger partial charge in [-0.1, -0.05) is 36.6 Å². The van der Waals surface area contributed by atoms with Gasteiger partial charge in [-0.25, -0.2) is 0 Å². The van der Waals surface area contributed by atoms with Crippen LogP contribution in [-0.2, 0) is 4.79 Å². The van der Waals surface area contributed by atoms with Gasteiger partial charge in [0.15, 0.2) is 0 Å². The van der Waals surface area contributed by atoms with Gasteiger partial charge in [-0.3, -0.25) is 9.59 Å². The van der Waals surface area contributed by atoms with Crippen LogP contribution >= 0.6 is 11.6 Å². The molecule has 0 spiro atoms. The van der Waals surface area contributed by atoms with Gasteiger partial charge >= 0.3 is 0 Å². The minimum atomic E-state index is -0.422. The molecule has 1 fully saturated rings. The molecule has 1 aromatic heterocycles. The number of anilines is 2. The summed E-state index contributed by atoms with van der Waals surface area (Å²) in [6, 6.07) is 14.1. The quantitative estimate of drug-likeness (QED) is 0.567. The lowest BCUT2D eigenvalue weighted by molar-refractivity contribution is -0.117. The van der Waals surface area contributed by atoms with E-state index in [1.807, 2.05) is 18.2 Å². The van der Waals surface area contributed by atoms with Crippen molar-refractivity contribution in [2.75, 3.05) is 10.6 Å². The predicted octanol–water partition coefficient (Wildman–Crippen LogP) is 5.86. The second kappa shape index (κ2) is 8.07. The summed E-state index contributed by atoms with van der Waals surface area (Å²) in [5.41, 5.74) is 1.57. The van der Waals surface area contributed by atoms with Crippen molar-refractivity contribution in [3.05, 3.63) is 59.3 Å². The maximum atomic E-state index is 12.8. The highest BCUT2D eigenvalue weighted by Gasteiger charge is 2.24. The number of fused-ring (bicyclic) bond motifs is 1. The summed E-state index contributed by atoms with van der Waals surface area (Å²) < 4.78 is 5.77. The highest BCUT2D eigenvalue weighted by Crippen LogP contribution is 2.33. The Bertz CT molecular complexity index is 1000. The van der Waals surface area contributed by atoms with Crippen molar-refractivity contribution in [1.29, 1.82) is 0 Å². The molecule has 2 aromatic carbocycles. The van der Waals surface area contributed by atoms with Crippen molar-refractivity contribution >= 4 is 45.8 Å². The molecule has 1 aliphatic rings. The van der Waals surface area contributed by atoms with E-state index in [0.29, 0.717) is 39.7 Å². The molecule has 0 unspecified atom stereocenters. The monoisotopic (exact) mass is 396 g/mol. The number of amides is 2. The van der Waals surface area contributed by atoms with Crippen LogP contribution in [0.4, 0.5) is 11.4 Å². The Morgan fingerprint density at radius 3 is 2.46 bits per heavy atom. The van der Waals surface area contributed by atoms with Crippen LogP contribution in [0.25, 0.3) is 11.0 Å². The molecular weight excluding hydrogens is 376 g/mol. The zero-order valence-corrected chi connectivity index (χ0v) is 16.1. The van der Waals surface area contributed by atoms with Crippen molar-refractivity contribution in [2.45, 2.75) is 32.1 Å². The van der Waals surface area contributed by atoms with Gasteiger partial charge in [0.05, 0.1) is 0 Å². The van der Waals surface area contributed by atoms with Crippen LogP contribution in [-0.4, -0.2) is 11.8 Å². The Morgan fingerprint density at radius 2 is 1.71 bits per heavy atom. The number of carbonyl (C=O) groups is 2. The van der Waals surface area contributed by atoms with Crippen molar-refractivity contribution in [3.63, 3.8) is 0 Å².